The van der Waals surface area contributed by atoms with E-state index in [1.165, 1.54) is 4.52 Å². The molecule has 0 radical (unpaired) electrons. The second-order valence-corrected chi connectivity index (χ2v) is 6.19. The summed E-state index contributed by atoms with van der Waals surface area (Å²) in [6.07, 6.45) is 3.89. The number of hydrogen-bond acceptors (Lipinski definition) is 5. The molecular weight excluding hydrogens is 326 g/mol. The highest BCUT2D eigenvalue weighted by molar-refractivity contribution is 9.10. The van der Waals surface area contributed by atoms with Crippen molar-refractivity contribution in [2.24, 2.45) is 5.41 Å². The Morgan fingerprint density at radius 2 is 2.30 bits per heavy atom. The summed E-state index contributed by atoms with van der Waals surface area (Å²) in [4.78, 5) is 20.1. The zero-order chi connectivity index (χ0) is 14.8. The van der Waals surface area contributed by atoms with Crippen LogP contribution in [0.4, 0.5) is 0 Å². The van der Waals surface area contributed by atoms with Crippen LogP contribution in [0.5, 0.6) is 0 Å². The molecule has 0 aliphatic heterocycles. The molecule has 0 aliphatic carbocycles. The van der Waals surface area contributed by atoms with Crippen LogP contribution in [0.15, 0.2) is 16.9 Å². The lowest BCUT2D eigenvalue weighted by molar-refractivity contribution is 0.0918. The topological polar surface area (TPSA) is 92.4 Å². The Labute approximate surface area is 124 Å². The van der Waals surface area contributed by atoms with Gasteiger partial charge in [0.25, 0.3) is 11.7 Å². The van der Waals surface area contributed by atoms with E-state index in [4.69, 9.17) is 5.11 Å². The van der Waals surface area contributed by atoms with Crippen LogP contribution in [0.2, 0.25) is 0 Å². The van der Waals surface area contributed by atoms with Gasteiger partial charge in [-0.2, -0.15) is 4.98 Å². The zero-order valence-electron chi connectivity index (χ0n) is 11.3. The summed E-state index contributed by atoms with van der Waals surface area (Å²) in [6, 6.07) is 0. The van der Waals surface area contributed by atoms with Crippen molar-refractivity contribution in [3.63, 3.8) is 0 Å². The number of amides is 1. The summed E-state index contributed by atoms with van der Waals surface area (Å²) in [5, 5.41) is 15.8. The Hall–Kier alpha value is -1.54. The first-order valence-corrected chi connectivity index (χ1v) is 6.97. The second kappa shape index (κ2) is 5.84. The first-order valence-electron chi connectivity index (χ1n) is 6.18. The molecule has 0 fully saturated rings. The molecule has 20 heavy (non-hydrogen) atoms. The SMILES string of the molecule is CC(C)(CCO)CNC(=O)c1nc2ncc(Br)cn2n1. The van der Waals surface area contributed by atoms with Gasteiger partial charge in [-0.25, -0.2) is 9.50 Å². The van der Waals surface area contributed by atoms with Crippen LogP contribution in [0.3, 0.4) is 0 Å². The summed E-state index contributed by atoms with van der Waals surface area (Å²) in [6.45, 7) is 4.48. The summed E-state index contributed by atoms with van der Waals surface area (Å²) < 4.78 is 2.20. The molecule has 2 heterocycles. The molecule has 2 N–H and O–H groups in total. The minimum atomic E-state index is -0.349. The molecule has 0 bridgehead atoms. The molecule has 2 aromatic heterocycles. The van der Waals surface area contributed by atoms with Crippen molar-refractivity contribution in [1.82, 2.24) is 24.9 Å². The maximum atomic E-state index is 12.0. The molecular formula is C12H16BrN5O2. The summed E-state index contributed by atoms with van der Waals surface area (Å²) >= 11 is 3.28. The summed E-state index contributed by atoms with van der Waals surface area (Å²) in [5.74, 6) is 0.0982. The number of carbonyl (C=O) groups excluding carboxylic acids is 1. The van der Waals surface area contributed by atoms with Crippen molar-refractivity contribution in [2.45, 2.75) is 20.3 Å². The van der Waals surface area contributed by atoms with Crippen LogP contribution in [0, 0.1) is 5.41 Å². The molecule has 0 aromatic carbocycles. The molecule has 7 nitrogen and oxygen atoms in total. The largest absolute Gasteiger partial charge is 0.396 e. The van der Waals surface area contributed by atoms with Crippen molar-refractivity contribution >= 4 is 27.6 Å². The number of carbonyl (C=O) groups is 1. The van der Waals surface area contributed by atoms with Crippen molar-refractivity contribution in [3.8, 4) is 0 Å². The van der Waals surface area contributed by atoms with Crippen molar-refractivity contribution in [3.05, 3.63) is 22.7 Å². The highest BCUT2D eigenvalue weighted by Crippen LogP contribution is 2.18. The Bertz CT molecular complexity index is 625. The predicted molar refractivity (Wildman–Crippen MR) is 76.3 cm³/mol. The number of aromatic nitrogens is 4. The molecule has 2 rings (SSSR count). The fourth-order valence-corrected chi connectivity index (χ4v) is 1.94. The van der Waals surface area contributed by atoms with E-state index in [0.29, 0.717) is 18.7 Å². The van der Waals surface area contributed by atoms with Crippen molar-refractivity contribution in [1.29, 1.82) is 0 Å². The number of aliphatic hydroxyl groups excluding tert-OH is 1. The quantitative estimate of drug-likeness (QED) is 0.847. The number of hydrogen-bond donors (Lipinski definition) is 2. The van der Waals surface area contributed by atoms with Crippen molar-refractivity contribution < 1.29 is 9.90 Å². The van der Waals surface area contributed by atoms with E-state index in [-0.39, 0.29) is 23.8 Å². The molecule has 0 unspecified atom stereocenters. The highest BCUT2D eigenvalue weighted by Gasteiger charge is 2.20. The van der Waals surface area contributed by atoms with Crippen LogP contribution in [0.1, 0.15) is 30.9 Å². The van der Waals surface area contributed by atoms with Crippen LogP contribution in [0.25, 0.3) is 5.78 Å². The molecule has 108 valence electrons. The minimum Gasteiger partial charge on any atom is -0.396 e. The Kier molecular flexibility index (Phi) is 4.34. The summed E-state index contributed by atoms with van der Waals surface area (Å²) in [5.41, 5.74) is -0.176. The minimum absolute atomic E-state index is 0.0791. The van der Waals surface area contributed by atoms with Gasteiger partial charge in [0.1, 0.15) is 0 Å². The third kappa shape index (κ3) is 3.51. The molecule has 0 saturated heterocycles. The van der Waals surface area contributed by atoms with E-state index in [1.807, 2.05) is 13.8 Å². The average molecular weight is 342 g/mol. The normalized spacial score (nSPS) is 11.8. The number of halogens is 1. The number of nitrogens with zero attached hydrogens (tertiary/aromatic N) is 4. The van der Waals surface area contributed by atoms with Crippen LogP contribution < -0.4 is 5.32 Å². The van der Waals surface area contributed by atoms with Gasteiger partial charge in [0.05, 0.1) is 4.47 Å². The third-order valence-corrected chi connectivity index (χ3v) is 3.29. The van der Waals surface area contributed by atoms with Gasteiger partial charge in [-0.1, -0.05) is 13.8 Å². The molecule has 0 aliphatic rings. The fourth-order valence-electron chi connectivity index (χ4n) is 1.65. The monoisotopic (exact) mass is 341 g/mol. The molecule has 0 atom stereocenters. The van der Waals surface area contributed by atoms with Crippen LogP contribution >= 0.6 is 15.9 Å². The van der Waals surface area contributed by atoms with Gasteiger partial charge in [0, 0.05) is 25.5 Å². The second-order valence-electron chi connectivity index (χ2n) is 5.27. The number of fused-ring (bicyclic) bond motifs is 1. The lowest BCUT2D eigenvalue weighted by Crippen LogP contribution is -2.35. The fraction of sp³-hybridized carbons (Fsp3) is 0.500. The van der Waals surface area contributed by atoms with Gasteiger partial charge in [0.15, 0.2) is 0 Å². The van der Waals surface area contributed by atoms with Crippen LogP contribution in [-0.2, 0) is 0 Å². The number of nitrogens with one attached hydrogen (secondary N) is 1. The van der Waals surface area contributed by atoms with E-state index in [9.17, 15) is 4.79 Å². The number of rotatable bonds is 5. The van der Waals surface area contributed by atoms with Gasteiger partial charge in [-0.15, -0.1) is 5.10 Å². The maximum absolute atomic E-state index is 12.0. The van der Waals surface area contributed by atoms with E-state index in [1.54, 1.807) is 12.4 Å². The van der Waals surface area contributed by atoms with Gasteiger partial charge in [-0.05, 0) is 27.8 Å². The predicted octanol–water partition coefficient (Wildman–Crippen LogP) is 1.03. The maximum Gasteiger partial charge on any atom is 0.291 e. The van der Waals surface area contributed by atoms with E-state index in [0.717, 1.165) is 4.47 Å². The van der Waals surface area contributed by atoms with Crippen LogP contribution in [-0.4, -0.2) is 43.7 Å². The van der Waals surface area contributed by atoms with E-state index >= 15 is 0 Å². The smallest absolute Gasteiger partial charge is 0.291 e. The molecule has 8 heteroatoms. The standard InChI is InChI=1S/C12H16BrN5O2/c1-12(2,3-4-19)7-15-10(20)9-16-11-14-5-8(13)6-18(11)17-9/h5-6,19H,3-4,7H2,1-2H3,(H,15,20). The van der Waals surface area contributed by atoms with E-state index in [2.05, 4.69) is 36.3 Å². The Morgan fingerprint density at radius 3 is 3.00 bits per heavy atom. The van der Waals surface area contributed by atoms with Gasteiger partial charge in [-0.3, -0.25) is 4.79 Å². The molecule has 1 amide bonds. The number of aliphatic hydroxyl groups is 1. The lowest BCUT2D eigenvalue weighted by Gasteiger charge is -2.23. The first-order chi connectivity index (χ1) is 9.41. The average Bonchev–Trinajstić information content (AvgIpc) is 2.79. The Morgan fingerprint density at radius 1 is 1.55 bits per heavy atom. The molecule has 2 aromatic rings. The van der Waals surface area contributed by atoms with Gasteiger partial charge in [0.2, 0.25) is 5.82 Å². The first kappa shape index (κ1) is 14.9. The molecule has 0 saturated carbocycles. The van der Waals surface area contributed by atoms with Crippen molar-refractivity contribution in [2.75, 3.05) is 13.2 Å². The molecule has 0 spiro atoms. The van der Waals surface area contributed by atoms with Gasteiger partial charge < -0.3 is 10.4 Å². The third-order valence-electron chi connectivity index (χ3n) is 2.88. The highest BCUT2D eigenvalue weighted by atomic mass is 79.9. The summed E-state index contributed by atoms with van der Waals surface area (Å²) in [7, 11) is 0. The van der Waals surface area contributed by atoms with Gasteiger partial charge >= 0.3 is 0 Å². The lowest BCUT2D eigenvalue weighted by atomic mass is 9.90. The zero-order valence-corrected chi connectivity index (χ0v) is 12.9. The Balaban J connectivity index is 2.08. The van der Waals surface area contributed by atoms with E-state index < -0.39 is 0 Å².